The fraction of sp³-hybridized carbons (Fsp3) is 0.571. The summed E-state index contributed by atoms with van der Waals surface area (Å²) in [6.07, 6.45) is 2.88. The van der Waals surface area contributed by atoms with Crippen molar-refractivity contribution in [2.24, 2.45) is 0 Å². The van der Waals surface area contributed by atoms with Gasteiger partial charge >= 0.3 is 6.09 Å². The predicted octanol–water partition coefficient (Wildman–Crippen LogP) is 3.44. The second kappa shape index (κ2) is 7.31. The van der Waals surface area contributed by atoms with Crippen LogP contribution < -0.4 is 5.32 Å². The van der Waals surface area contributed by atoms with E-state index in [0.29, 0.717) is 24.3 Å². The Morgan fingerprint density at radius 2 is 2.04 bits per heavy atom. The summed E-state index contributed by atoms with van der Waals surface area (Å²) in [7, 11) is 0. The first-order valence-electron chi connectivity index (χ1n) is 7.27. The van der Waals surface area contributed by atoms with E-state index in [1.54, 1.807) is 6.33 Å². The zero-order valence-electron chi connectivity index (χ0n) is 13.3. The number of unbranched alkanes of at least 4 members (excludes halogenated alkanes) is 1. The zero-order valence-corrected chi connectivity index (χ0v) is 14.8. The number of halogens is 2. The molecule has 2 heterocycles. The number of alkyl carbamates (subject to hydrolysis) is 1. The minimum atomic E-state index is -0.488. The van der Waals surface area contributed by atoms with Gasteiger partial charge in [0.1, 0.15) is 11.1 Å². The van der Waals surface area contributed by atoms with E-state index in [4.69, 9.17) is 27.9 Å². The summed E-state index contributed by atoms with van der Waals surface area (Å²) in [6.45, 7) is 6.72. The lowest BCUT2D eigenvalue weighted by Crippen LogP contribution is -2.33. The van der Waals surface area contributed by atoms with Crippen molar-refractivity contribution in [2.75, 3.05) is 6.54 Å². The molecule has 2 aromatic rings. The van der Waals surface area contributed by atoms with Gasteiger partial charge in [-0.3, -0.25) is 0 Å². The number of carbonyl (C=O) groups is 1. The number of aryl methyl sites for hydroxylation is 1. The molecule has 9 heteroatoms. The number of ether oxygens (including phenoxy) is 1. The molecule has 0 unspecified atom stereocenters. The molecule has 0 aromatic carbocycles. The standard InChI is InChI=1S/C14H19Cl2N5O2/c1-14(2,3)23-13(22)17-6-4-5-7-21-8-18-9-10(15)19-12(16)20-11(9)21/h8H,4-7H2,1-3H3,(H,17,22). The first-order valence-corrected chi connectivity index (χ1v) is 8.02. The molecule has 0 saturated carbocycles. The highest BCUT2D eigenvalue weighted by Gasteiger charge is 2.15. The van der Waals surface area contributed by atoms with Crippen molar-refractivity contribution in [3.63, 3.8) is 0 Å². The number of nitrogens with zero attached hydrogens (tertiary/aromatic N) is 4. The highest BCUT2D eigenvalue weighted by Crippen LogP contribution is 2.20. The molecule has 0 saturated heterocycles. The zero-order chi connectivity index (χ0) is 17.0. The molecule has 7 nitrogen and oxygen atoms in total. The summed E-state index contributed by atoms with van der Waals surface area (Å²) in [5.41, 5.74) is 0.649. The number of carbonyl (C=O) groups excluding carboxylic acids is 1. The quantitative estimate of drug-likeness (QED) is 0.502. The maximum Gasteiger partial charge on any atom is 0.407 e. The topological polar surface area (TPSA) is 81.9 Å². The van der Waals surface area contributed by atoms with E-state index >= 15 is 0 Å². The van der Waals surface area contributed by atoms with Gasteiger partial charge in [0.05, 0.1) is 6.33 Å². The van der Waals surface area contributed by atoms with Crippen molar-refractivity contribution < 1.29 is 9.53 Å². The normalized spacial score (nSPS) is 11.7. The van der Waals surface area contributed by atoms with Crippen LogP contribution in [0.25, 0.3) is 11.2 Å². The second-order valence-corrected chi connectivity index (χ2v) is 6.73. The fourth-order valence-corrected chi connectivity index (χ4v) is 2.38. The van der Waals surface area contributed by atoms with E-state index in [1.165, 1.54) is 0 Å². The van der Waals surface area contributed by atoms with Crippen LogP contribution in [0.1, 0.15) is 33.6 Å². The molecule has 126 valence electrons. The van der Waals surface area contributed by atoms with Gasteiger partial charge in [0.25, 0.3) is 0 Å². The summed E-state index contributed by atoms with van der Waals surface area (Å²) in [5, 5.41) is 3.06. The molecule has 0 aliphatic heterocycles. The minimum absolute atomic E-state index is 0.0934. The van der Waals surface area contributed by atoms with Gasteiger partial charge in [-0.25, -0.2) is 14.8 Å². The second-order valence-electron chi connectivity index (χ2n) is 6.03. The van der Waals surface area contributed by atoms with Crippen molar-refractivity contribution >= 4 is 40.5 Å². The summed E-state index contributed by atoms with van der Waals surface area (Å²) in [6, 6.07) is 0. The van der Waals surface area contributed by atoms with Gasteiger partial charge in [-0.05, 0) is 45.2 Å². The molecule has 1 amide bonds. The molecule has 2 rings (SSSR count). The number of imidazole rings is 1. The van der Waals surface area contributed by atoms with Crippen molar-refractivity contribution in [3.05, 3.63) is 16.8 Å². The Morgan fingerprint density at radius 1 is 1.30 bits per heavy atom. The van der Waals surface area contributed by atoms with Crippen LogP contribution in [0.4, 0.5) is 4.79 Å². The third-order valence-electron chi connectivity index (χ3n) is 2.89. The first kappa shape index (κ1) is 17.7. The van der Waals surface area contributed by atoms with Gasteiger partial charge in [0.2, 0.25) is 5.28 Å². The van der Waals surface area contributed by atoms with E-state index in [1.807, 2.05) is 25.3 Å². The minimum Gasteiger partial charge on any atom is -0.444 e. The maximum absolute atomic E-state index is 11.5. The van der Waals surface area contributed by atoms with Crippen LogP contribution in [0.2, 0.25) is 10.4 Å². The maximum atomic E-state index is 11.5. The van der Waals surface area contributed by atoms with Crippen LogP contribution in [0.15, 0.2) is 6.33 Å². The number of hydrogen-bond donors (Lipinski definition) is 1. The van der Waals surface area contributed by atoms with Crippen LogP contribution in [-0.2, 0) is 11.3 Å². The number of fused-ring (bicyclic) bond motifs is 1. The highest BCUT2D eigenvalue weighted by molar-refractivity contribution is 6.35. The van der Waals surface area contributed by atoms with Crippen LogP contribution in [0.3, 0.4) is 0 Å². The molecular weight excluding hydrogens is 341 g/mol. The lowest BCUT2D eigenvalue weighted by atomic mass is 10.2. The van der Waals surface area contributed by atoms with Gasteiger partial charge < -0.3 is 14.6 Å². The molecule has 0 atom stereocenters. The number of hydrogen-bond acceptors (Lipinski definition) is 5. The monoisotopic (exact) mass is 359 g/mol. The van der Waals surface area contributed by atoms with E-state index in [9.17, 15) is 4.79 Å². The largest absolute Gasteiger partial charge is 0.444 e. The molecule has 0 radical (unpaired) electrons. The van der Waals surface area contributed by atoms with Crippen LogP contribution in [-0.4, -0.2) is 37.8 Å². The van der Waals surface area contributed by atoms with Crippen LogP contribution >= 0.6 is 23.2 Å². The van der Waals surface area contributed by atoms with E-state index < -0.39 is 11.7 Å². The Labute approximate surface area is 144 Å². The lowest BCUT2D eigenvalue weighted by Gasteiger charge is -2.19. The molecule has 0 aliphatic rings. The van der Waals surface area contributed by atoms with E-state index in [2.05, 4.69) is 20.3 Å². The van der Waals surface area contributed by atoms with Crippen molar-refractivity contribution in [3.8, 4) is 0 Å². The van der Waals surface area contributed by atoms with Gasteiger partial charge in [-0.2, -0.15) is 4.98 Å². The third kappa shape index (κ3) is 5.21. The van der Waals surface area contributed by atoms with Crippen LogP contribution in [0, 0.1) is 0 Å². The molecule has 0 spiro atoms. The fourth-order valence-electron chi connectivity index (χ4n) is 1.96. The molecule has 0 bridgehead atoms. The van der Waals surface area contributed by atoms with Crippen molar-refractivity contribution in [1.29, 1.82) is 0 Å². The molecule has 0 aliphatic carbocycles. The van der Waals surface area contributed by atoms with E-state index in [0.717, 1.165) is 12.8 Å². The number of aromatic nitrogens is 4. The molecule has 2 aromatic heterocycles. The molecule has 23 heavy (non-hydrogen) atoms. The number of rotatable bonds is 5. The Balaban J connectivity index is 1.80. The van der Waals surface area contributed by atoms with Crippen molar-refractivity contribution in [1.82, 2.24) is 24.8 Å². The summed E-state index contributed by atoms with van der Waals surface area (Å²) in [5.74, 6) is 0. The summed E-state index contributed by atoms with van der Waals surface area (Å²) in [4.78, 5) is 23.7. The highest BCUT2D eigenvalue weighted by atomic mass is 35.5. The smallest absolute Gasteiger partial charge is 0.407 e. The van der Waals surface area contributed by atoms with E-state index in [-0.39, 0.29) is 10.4 Å². The average molecular weight is 360 g/mol. The van der Waals surface area contributed by atoms with Crippen LogP contribution in [0.5, 0.6) is 0 Å². The third-order valence-corrected chi connectivity index (χ3v) is 3.32. The van der Waals surface area contributed by atoms with Gasteiger partial charge in [-0.15, -0.1) is 0 Å². The molecule has 0 fully saturated rings. The van der Waals surface area contributed by atoms with Crippen molar-refractivity contribution in [2.45, 2.75) is 45.8 Å². The van der Waals surface area contributed by atoms with Gasteiger partial charge in [0.15, 0.2) is 10.8 Å². The average Bonchev–Trinajstić information content (AvgIpc) is 2.79. The summed E-state index contributed by atoms with van der Waals surface area (Å²) < 4.78 is 7.03. The Hall–Kier alpha value is -1.60. The number of nitrogens with one attached hydrogen (secondary N) is 1. The lowest BCUT2D eigenvalue weighted by molar-refractivity contribution is 0.0527. The molecular formula is C14H19Cl2N5O2. The molecule has 1 N–H and O–H groups in total. The Bertz CT molecular complexity index is 696. The SMILES string of the molecule is CC(C)(C)OC(=O)NCCCCn1cnc2c(Cl)nc(Cl)nc21. The Kier molecular flexibility index (Phi) is 5.64. The Morgan fingerprint density at radius 3 is 2.74 bits per heavy atom. The number of amides is 1. The first-order chi connectivity index (χ1) is 10.8. The van der Waals surface area contributed by atoms with Gasteiger partial charge in [0, 0.05) is 13.1 Å². The van der Waals surface area contributed by atoms with Gasteiger partial charge in [-0.1, -0.05) is 11.6 Å². The summed E-state index contributed by atoms with van der Waals surface area (Å²) >= 11 is 11.8. The predicted molar refractivity (Wildman–Crippen MR) is 88.8 cm³/mol.